The number of aromatic nitrogens is 1. The number of thiocyanates is 1. The molecule has 0 unspecified atom stereocenters. The Balaban J connectivity index is 1.86. The lowest BCUT2D eigenvalue weighted by Crippen LogP contribution is -2.34. The van der Waals surface area contributed by atoms with E-state index in [-0.39, 0.29) is 6.54 Å². The van der Waals surface area contributed by atoms with Crippen molar-refractivity contribution in [2.75, 3.05) is 5.32 Å². The van der Waals surface area contributed by atoms with E-state index in [1.807, 2.05) is 5.40 Å². The Morgan fingerprint density at radius 1 is 1.18 bits per heavy atom. The van der Waals surface area contributed by atoms with Gasteiger partial charge < -0.3 is 10.6 Å². The molecular weight excluding hydrogens is 300 g/mol. The van der Waals surface area contributed by atoms with Gasteiger partial charge in [0.15, 0.2) is 0 Å². The molecule has 1 heterocycles. The van der Waals surface area contributed by atoms with Gasteiger partial charge in [-0.15, -0.1) is 0 Å². The first-order valence-electron chi connectivity index (χ1n) is 6.33. The number of nitrogens with zero attached hydrogens (tertiary/aromatic N) is 2. The van der Waals surface area contributed by atoms with Crippen LogP contribution < -0.4 is 10.6 Å². The summed E-state index contributed by atoms with van der Waals surface area (Å²) >= 11 is 1.02. The minimum atomic E-state index is -0.746. The lowest BCUT2D eigenvalue weighted by Gasteiger charge is -2.06. The number of hydrogen-bond donors (Lipinski definition) is 2. The summed E-state index contributed by atoms with van der Waals surface area (Å²) in [7, 11) is 0. The average Bonchev–Trinajstić information content (AvgIpc) is 2.55. The number of carbonyl (C=O) groups excluding carboxylic acids is 2. The molecule has 22 heavy (non-hydrogen) atoms. The van der Waals surface area contributed by atoms with Crippen LogP contribution in [0.2, 0.25) is 0 Å². The van der Waals surface area contributed by atoms with Gasteiger partial charge in [0.25, 0.3) is 0 Å². The van der Waals surface area contributed by atoms with E-state index in [4.69, 9.17) is 5.26 Å². The quantitative estimate of drug-likeness (QED) is 0.511. The van der Waals surface area contributed by atoms with Gasteiger partial charge in [-0.2, -0.15) is 5.26 Å². The maximum Gasteiger partial charge on any atom is 0.313 e. The van der Waals surface area contributed by atoms with E-state index in [1.54, 1.807) is 48.8 Å². The summed E-state index contributed by atoms with van der Waals surface area (Å²) in [6, 6.07) is 10.2. The molecule has 0 aliphatic heterocycles. The van der Waals surface area contributed by atoms with Crippen molar-refractivity contribution in [1.82, 2.24) is 10.3 Å². The van der Waals surface area contributed by atoms with Crippen LogP contribution in [-0.4, -0.2) is 16.8 Å². The zero-order valence-electron chi connectivity index (χ0n) is 11.4. The Hall–Kier alpha value is -2.85. The number of nitrogens with one attached hydrogen (secondary N) is 2. The highest BCUT2D eigenvalue weighted by Crippen LogP contribution is 2.18. The summed E-state index contributed by atoms with van der Waals surface area (Å²) in [6.45, 7) is 0.234. The van der Waals surface area contributed by atoms with Crippen molar-refractivity contribution in [3.63, 3.8) is 0 Å². The Morgan fingerprint density at radius 2 is 1.95 bits per heavy atom. The molecule has 6 nitrogen and oxygen atoms in total. The molecule has 0 bridgehead atoms. The van der Waals surface area contributed by atoms with Gasteiger partial charge in [-0.25, -0.2) is 0 Å². The summed E-state index contributed by atoms with van der Waals surface area (Å²) in [5, 5.41) is 15.5. The minimum absolute atomic E-state index is 0.234. The van der Waals surface area contributed by atoms with E-state index >= 15 is 0 Å². The Morgan fingerprint density at radius 3 is 2.59 bits per heavy atom. The number of hydrogen-bond acceptors (Lipinski definition) is 5. The molecule has 110 valence electrons. The maximum absolute atomic E-state index is 11.7. The second-order valence-corrected chi connectivity index (χ2v) is 5.07. The first-order valence-corrected chi connectivity index (χ1v) is 7.15. The molecule has 0 aliphatic carbocycles. The molecular formula is C15H12N4O2S. The van der Waals surface area contributed by atoms with E-state index in [1.165, 1.54) is 0 Å². The van der Waals surface area contributed by atoms with Gasteiger partial charge in [-0.05, 0) is 47.7 Å². The third-order valence-corrected chi connectivity index (χ3v) is 3.26. The van der Waals surface area contributed by atoms with E-state index in [0.717, 1.165) is 22.2 Å². The standard InChI is InChI=1S/C15H12N4O2S/c16-10-22-13-5-3-12(4-6-13)19-15(21)14(20)18-9-11-2-1-7-17-8-11/h1-8H,9H2,(H,18,20)(H,19,21). The van der Waals surface area contributed by atoms with Crippen molar-refractivity contribution in [3.8, 4) is 5.40 Å². The van der Waals surface area contributed by atoms with Crippen molar-refractivity contribution < 1.29 is 9.59 Å². The number of pyridine rings is 1. The molecule has 1 aromatic heterocycles. The van der Waals surface area contributed by atoms with Crippen LogP contribution in [0, 0.1) is 10.7 Å². The van der Waals surface area contributed by atoms with Crippen LogP contribution >= 0.6 is 11.8 Å². The van der Waals surface area contributed by atoms with E-state index < -0.39 is 11.8 Å². The van der Waals surface area contributed by atoms with Crippen molar-refractivity contribution in [2.24, 2.45) is 0 Å². The predicted octanol–water partition coefficient (Wildman–Crippen LogP) is 1.91. The van der Waals surface area contributed by atoms with Crippen molar-refractivity contribution in [1.29, 1.82) is 5.26 Å². The Kier molecular flexibility index (Phi) is 5.51. The number of benzene rings is 1. The number of carbonyl (C=O) groups is 2. The highest BCUT2D eigenvalue weighted by atomic mass is 32.2. The smallest absolute Gasteiger partial charge is 0.313 e. The SMILES string of the molecule is N#CSc1ccc(NC(=O)C(=O)NCc2cccnc2)cc1. The molecule has 0 aliphatic rings. The van der Waals surface area contributed by atoms with Crippen LogP contribution in [0.1, 0.15) is 5.56 Å². The van der Waals surface area contributed by atoms with Gasteiger partial charge >= 0.3 is 11.8 Å². The Bertz CT molecular complexity index is 696. The maximum atomic E-state index is 11.7. The number of rotatable bonds is 4. The van der Waals surface area contributed by atoms with Crippen LogP contribution in [0.25, 0.3) is 0 Å². The van der Waals surface area contributed by atoms with Crippen molar-refractivity contribution in [2.45, 2.75) is 11.4 Å². The molecule has 0 spiro atoms. The van der Waals surface area contributed by atoms with Crippen LogP contribution in [0.3, 0.4) is 0 Å². The van der Waals surface area contributed by atoms with Crippen LogP contribution in [0.15, 0.2) is 53.7 Å². The molecule has 0 saturated carbocycles. The fourth-order valence-electron chi connectivity index (χ4n) is 1.61. The summed E-state index contributed by atoms with van der Waals surface area (Å²) in [5.74, 6) is -1.47. The first-order chi connectivity index (χ1) is 10.7. The number of thioether (sulfide) groups is 1. The van der Waals surface area contributed by atoms with E-state index in [2.05, 4.69) is 15.6 Å². The number of anilines is 1. The van der Waals surface area contributed by atoms with Gasteiger partial charge in [0.1, 0.15) is 5.40 Å². The summed E-state index contributed by atoms with van der Waals surface area (Å²) < 4.78 is 0. The molecule has 2 rings (SSSR count). The van der Waals surface area contributed by atoms with Gasteiger partial charge in [-0.1, -0.05) is 6.07 Å². The van der Waals surface area contributed by atoms with Crippen LogP contribution in [0.5, 0.6) is 0 Å². The molecule has 2 N–H and O–H groups in total. The largest absolute Gasteiger partial charge is 0.344 e. The van der Waals surface area contributed by atoms with Crippen LogP contribution in [0.4, 0.5) is 5.69 Å². The second kappa shape index (κ2) is 7.81. The zero-order valence-corrected chi connectivity index (χ0v) is 12.3. The van der Waals surface area contributed by atoms with Crippen LogP contribution in [-0.2, 0) is 16.1 Å². The minimum Gasteiger partial charge on any atom is -0.344 e. The number of amides is 2. The molecule has 0 fully saturated rings. The molecule has 0 saturated heterocycles. The monoisotopic (exact) mass is 312 g/mol. The van der Waals surface area contributed by atoms with Gasteiger partial charge in [-0.3, -0.25) is 14.6 Å². The molecule has 2 amide bonds. The molecule has 0 atom stereocenters. The highest BCUT2D eigenvalue weighted by molar-refractivity contribution is 8.03. The normalized spacial score (nSPS) is 9.59. The van der Waals surface area contributed by atoms with Gasteiger partial charge in [0, 0.05) is 29.5 Å². The summed E-state index contributed by atoms with van der Waals surface area (Å²) in [4.78, 5) is 28.1. The van der Waals surface area contributed by atoms with E-state index in [0.29, 0.717) is 5.69 Å². The van der Waals surface area contributed by atoms with Crippen molar-refractivity contribution >= 4 is 29.3 Å². The van der Waals surface area contributed by atoms with Gasteiger partial charge in [0.2, 0.25) is 0 Å². The van der Waals surface area contributed by atoms with Crippen molar-refractivity contribution in [3.05, 3.63) is 54.4 Å². The average molecular weight is 312 g/mol. The third-order valence-electron chi connectivity index (χ3n) is 2.66. The predicted molar refractivity (Wildman–Crippen MR) is 82.6 cm³/mol. The fourth-order valence-corrected chi connectivity index (χ4v) is 1.99. The summed E-state index contributed by atoms with van der Waals surface area (Å²) in [5.41, 5.74) is 1.30. The first kappa shape index (κ1) is 15.5. The third kappa shape index (κ3) is 4.61. The number of nitriles is 1. The molecule has 0 radical (unpaired) electrons. The fraction of sp³-hybridized carbons (Fsp3) is 0.0667. The highest BCUT2D eigenvalue weighted by Gasteiger charge is 2.13. The van der Waals surface area contributed by atoms with Gasteiger partial charge in [0.05, 0.1) is 0 Å². The summed E-state index contributed by atoms with van der Waals surface area (Å²) in [6.07, 6.45) is 3.25. The zero-order chi connectivity index (χ0) is 15.8. The molecule has 1 aromatic carbocycles. The molecule has 2 aromatic rings. The lowest BCUT2D eigenvalue weighted by atomic mass is 10.3. The lowest BCUT2D eigenvalue weighted by molar-refractivity contribution is -0.136. The van der Waals surface area contributed by atoms with E-state index in [9.17, 15) is 9.59 Å². The Labute approximate surface area is 131 Å². The topological polar surface area (TPSA) is 94.9 Å². The molecule has 7 heteroatoms. The second-order valence-electron chi connectivity index (χ2n) is 4.22.